The smallest absolute Gasteiger partial charge is 0.246 e. The van der Waals surface area contributed by atoms with E-state index in [1.54, 1.807) is 12.1 Å². The molecule has 1 atom stereocenters. The van der Waals surface area contributed by atoms with E-state index < -0.39 is 6.04 Å². The van der Waals surface area contributed by atoms with Crippen molar-refractivity contribution in [2.24, 2.45) is 0 Å². The van der Waals surface area contributed by atoms with Crippen LogP contribution in [0.1, 0.15) is 18.0 Å². The summed E-state index contributed by atoms with van der Waals surface area (Å²) in [5.74, 6) is -0.147. The second kappa shape index (κ2) is 8.54. The van der Waals surface area contributed by atoms with Crippen LogP contribution < -0.4 is 10.6 Å². The van der Waals surface area contributed by atoms with Crippen LogP contribution in [-0.4, -0.2) is 24.2 Å². The van der Waals surface area contributed by atoms with E-state index in [1.165, 1.54) is 0 Å². The summed E-state index contributed by atoms with van der Waals surface area (Å²) in [7, 11) is 0. The molecule has 3 N–H and O–H groups in total. The number of benzene rings is 2. The summed E-state index contributed by atoms with van der Waals surface area (Å²) in [6.45, 7) is 0.632. The fourth-order valence-electron chi connectivity index (χ4n) is 2.08. The van der Waals surface area contributed by atoms with Crippen molar-refractivity contribution in [1.82, 2.24) is 5.32 Å². The Hall–Kier alpha value is -1.88. The Morgan fingerprint density at radius 1 is 1.09 bits per heavy atom. The van der Waals surface area contributed by atoms with Crippen molar-refractivity contribution < 1.29 is 9.90 Å². The first-order valence-electron chi connectivity index (χ1n) is 7.16. The minimum absolute atomic E-state index is 0.0840. The van der Waals surface area contributed by atoms with Gasteiger partial charge in [0.25, 0.3) is 0 Å². The molecule has 0 radical (unpaired) electrons. The number of carbonyl (C=O) groups is 1. The van der Waals surface area contributed by atoms with Gasteiger partial charge >= 0.3 is 0 Å². The molecule has 2 rings (SSSR count). The van der Waals surface area contributed by atoms with E-state index in [9.17, 15) is 4.79 Å². The van der Waals surface area contributed by atoms with E-state index in [0.29, 0.717) is 18.0 Å². The standard InChI is InChI=1S/C17H19ClN2O2/c18-14-9-7-13(8-10-14)16(19-11-4-12-21)17(22)20-15-5-2-1-3-6-15/h1-3,5-10,16,19,21H,4,11-12H2,(H,20,22)/t16-/m0/s1. The third-order valence-corrected chi connectivity index (χ3v) is 3.44. The monoisotopic (exact) mass is 318 g/mol. The molecule has 0 aliphatic heterocycles. The number of hydrogen-bond acceptors (Lipinski definition) is 3. The lowest BCUT2D eigenvalue weighted by Gasteiger charge is -2.19. The molecule has 0 spiro atoms. The minimum Gasteiger partial charge on any atom is -0.396 e. The van der Waals surface area contributed by atoms with Crippen LogP contribution in [0.25, 0.3) is 0 Å². The second-order valence-corrected chi connectivity index (χ2v) is 5.31. The van der Waals surface area contributed by atoms with Crippen molar-refractivity contribution in [1.29, 1.82) is 0 Å². The van der Waals surface area contributed by atoms with Gasteiger partial charge < -0.3 is 15.7 Å². The van der Waals surface area contributed by atoms with Crippen molar-refractivity contribution in [3.63, 3.8) is 0 Å². The number of anilines is 1. The molecule has 1 amide bonds. The number of aliphatic hydroxyl groups is 1. The first-order chi connectivity index (χ1) is 10.7. The molecular weight excluding hydrogens is 300 g/mol. The first-order valence-corrected chi connectivity index (χ1v) is 7.54. The molecular formula is C17H19ClN2O2. The Morgan fingerprint density at radius 2 is 1.77 bits per heavy atom. The van der Waals surface area contributed by atoms with Crippen molar-refractivity contribution in [2.45, 2.75) is 12.5 Å². The number of para-hydroxylation sites is 1. The molecule has 0 heterocycles. The van der Waals surface area contributed by atoms with Gasteiger partial charge in [0.15, 0.2) is 0 Å². The fraction of sp³-hybridized carbons (Fsp3) is 0.235. The normalized spacial score (nSPS) is 11.9. The molecule has 0 bridgehead atoms. The molecule has 116 valence electrons. The molecule has 0 aromatic heterocycles. The lowest BCUT2D eigenvalue weighted by atomic mass is 10.1. The lowest BCUT2D eigenvalue weighted by molar-refractivity contribution is -0.118. The zero-order valence-electron chi connectivity index (χ0n) is 12.1. The third-order valence-electron chi connectivity index (χ3n) is 3.19. The van der Waals surface area contributed by atoms with Crippen molar-refractivity contribution in [2.75, 3.05) is 18.5 Å². The quantitative estimate of drug-likeness (QED) is 0.688. The van der Waals surface area contributed by atoms with Gasteiger partial charge in [-0.2, -0.15) is 0 Å². The second-order valence-electron chi connectivity index (χ2n) is 4.87. The maximum absolute atomic E-state index is 12.5. The van der Waals surface area contributed by atoms with Gasteiger partial charge in [-0.15, -0.1) is 0 Å². The summed E-state index contributed by atoms with van der Waals surface area (Å²) in [5, 5.41) is 15.6. The molecule has 0 fully saturated rings. The van der Waals surface area contributed by atoms with E-state index >= 15 is 0 Å². The number of halogens is 1. The van der Waals surface area contributed by atoms with Crippen LogP contribution in [0.3, 0.4) is 0 Å². The maximum atomic E-state index is 12.5. The van der Waals surface area contributed by atoms with Crippen LogP contribution in [0.2, 0.25) is 5.02 Å². The van der Waals surface area contributed by atoms with Gasteiger partial charge in [-0.05, 0) is 42.8 Å². The van der Waals surface area contributed by atoms with Gasteiger partial charge in [-0.3, -0.25) is 4.79 Å². The van der Waals surface area contributed by atoms with E-state index in [-0.39, 0.29) is 12.5 Å². The van der Waals surface area contributed by atoms with Crippen molar-refractivity contribution in [3.8, 4) is 0 Å². The molecule has 0 unspecified atom stereocenters. The highest BCUT2D eigenvalue weighted by Crippen LogP contribution is 2.19. The van der Waals surface area contributed by atoms with Gasteiger partial charge in [-0.1, -0.05) is 41.9 Å². The molecule has 2 aromatic carbocycles. The van der Waals surface area contributed by atoms with Crippen LogP contribution in [0.15, 0.2) is 54.6 Å². The van der Waals surface area contributed by atoms with Gasteiger partial charge in [-0.25, -0.2) is 0 Å². The van der Waals surface area contributed by atoms with Crippen LogP contribution in [0.5, 0.6) is 0 Å². The third kappa shape index (κ3) is 4.84. The molecule has 0 aliphatic rings. The minimum atomic E-state index is -0.496. The number of hydrogen-bond donors (Lipinski definition) is 3. The first kappa shape index (κ1) is 16.5. The van der Waals surface area contributed by atoms with Gasteiger partial charge in [0.05, 0.1) is 0 Å². The summed E-state index contributed by atoms with van der Waals surface area (Å²) >= 11 is 5.90. The SMILES string of the molecule is O=C(Nc1ccccc1)[C@@H](NCCCO)c1ccc(Cl)cc1. The number of aliphatic hydroxyl groups excluding tert-OH is 1. The number of nitrogens with one attached hydrogen (secondary N) is 2. The largest absolute Gasteiger partial charge is 0.396 e. The molecule has 2 aromatic rings. The van der Waals surface area contributed by atoms with Gasteiger partial charge in [0.1, 0.15) is 6.04 Å². The predicted molar refractivity (Wildman–Crippen MR) is 89.0 cm³/mol. The number of rotatable bonds is 7. The molecule has 5 heteroatoms. The predicted octanol–water partition coefficient (Wildman–Crippen LogP) is 2.99. The van der Waals surface area contributed by atoms with E-state index in [2.05, 4.69) is 10.6 Å². The van der Waals surface area contributed by atoms with E-state index in [0.717, 1.165) is 11.3 Å². The topological polar surface area (TPSA) is 61.4 Å². The summed E-state index contributed by atoms with van der Waals surface area (Å²) in [6.07, 6.45) is 0.586. The Kier molecular flexibility index (Phi) is 6.40. The number of carbonyl (C=O) groups excluding carboxylic acids is 1. The van der Waals surface area contributed by atoms with E-state index in [4.69, 9.17) is 16.7 Å². The van der Waals surface area contributed by atoms with Gasteiger partial charge in [0.2, 0.25) is 5.91 Å². The van der Waals surface area contributed by atoms with E-state index in [1.807, 2.05) is 42.5 Å². The Labute approximate surface area is 135 Å². The molecule has 0 saturated heterocycles. The fourth-order valence-corrected chi connectivity index (χ4v) is 2.20. The molecule has 22 heavy (non-hydrogen) atoms. The highest BCUT2D eigenvalue weighted by Gasteiger charge is 2.19. The average Bonchev–Trinajstić information content (AvgIpc) is 2.54. The summed E-state index contributed by atoms with van der Waals surface area (Å²) in [4.78, 5) is 12.5. The molecule has 4 nitrogen and oxygen atoms in total. The van der Waals surface area contributed by atoms with Crippen molar-refractivity contribution >= 4 is 23.2 Å². The van der Waals surface area contributed by atoms with Crippen molar-refractivity contribution in [3.05, 3.63) is 65.2 Å². The summed E-state index contributed by atoms with van der Waals surface area (Å²) in [6, 6.07) is 16.0. The molecule has 0 saturated carbocycles. The van der Waals surface area contributed by atoms with Crippen LogP contribution in [0, 0.1) is 0 Å². The molecule has 0 aliphatic carbocycles. The average molecular weight is 319 g/mol. The Balaban J connectivity index is 2.12. The maximum Gasteiger partial charge on any atom is 0.246 e. The zero-order chi connectivity index (χ0) is 15.8. The number of amides is 1. The van der Waals surface area contributed by atoms with Crippen LogP contribution in [-0.2, 0) is 4.79 Å². The lowest BCUT2D eigenvalue weighted by Crippen LogP contribution is -2.33. The Bertz CT molecular complexity index is 587. The zero-order valence-corrected chi connectivity index (χ0v) is 12.9. The Morgan fingerprint density at radius 3 is 2.41 bits per heavy atom. The summed E-state index contributed by atoms with van der Waals surface area (Å²) in [5.41, 5.74) is 1.58. The van der Waals surface area contributed by atoms with Crippen LogP contribution in [0.4, 0.5) is 5.69 Å². The van der Waals surface area contributed by atoms with Gasteiger partial charge in [0, 0.05) is 17.3 Å². The van der Waals surface area contributed by atoms with Crippen LogP contribution >= 0.6 is 11.6 Å². The highest BCUT2D eigenvalue weighted by atomic mass is 35.5. The summed E-state index contributed by atoms with van der Waals surface area (Å²) < 4.78 is 0. The highest BCUT2D eigenvalue weighted by molar-refractivity contribution is 6.30.